The third-order valence-electron chi connectivity index (χ3n) is 3.83. The van der Waals surface area contributed by atoms with Gasteiger partial charge in [0.05, 0.1) is 12.7 Å². The minimum atomic E-state index is -0.480. The van der Waals surface area contributed by atoms with Gasteiger partial charge in [0, 0.05) is 24.0 Å². The van der Waals surface area contributed by atoms with Gasteiger partial charge in [-0.05, 0) is 63.2 Å². The topological polar surface area (TPSA) is 41.6 Å². The van der Waals surface area contributed by atoms with Gasteiger partial charge in [-0.2, -0.15) is 0 Å². The number of benzene rings is 2. The van der Waals surface area contributed by atoms with Crippen molar-refractivity contribution < 1.29 is 13.9 Å². The Morgan fingerprint density at radius 1 is 1.21 bits per heavy atom. The second-order valence-corrected chi connectivity index (χ2v) is 5.73. The number of nitrogens with one attached hydrogen (secondary N) is 1. The van der Waals surface area contributed by atoms with E-state index >= 15 is 0 Å². The second kappa shape index (κ2) is 7.81. The number of methoxy groups -OCH3 is 1. The van der Waals surface area contributed by atoms with Gasteiger partial charge in [0.25, 0.3) is 5.91 Å². The largest absolute Gasteiger partial charge is 0.496 e. The molecule has 0 aromatic heterocycles. The fraction of sp³-hybridized carbons (Fsp3) is 0.316. The van der Waals surface area contributed by atoms with Crippen LogP contribution in [-0.4, -0.2) is 25.6 Å². The van der Waals surface area contributed by atoms with E-state index in [9.17, 15) is 9.18 Å². The van der Waals surface area contributed by atoms with Crippen molar-refractivity contribution in [1.82, 2.24) is 0 Å². The smallest absolute Gasteiger partial charge is 0.259 e. The van der Waals surface area contributed by atoms with E-state index in [2.05, 4.69) is 31.0 Å². The Morgan fingerprint density at radius 2 is 1.88 bits per heavy atom. The Labute approximate surface area is 142 Å². The molecule has 24 heavy (non-hydrogen) atoms. The zero-order valence-electron chi connectivity index (χ0n) is 14.5. The van der Waals surface area contributed by atoms with Crippen molar-refractivity contribution in [2.75, 3.05) is 23.9 Å². The molecule has 0 unspecified atom stereocenters. The molecule has 1 N–H and O–H groups in total. The molecule has 0 saturated carbocycles. The minimum Gasteiger partial charge on any atom is -0.496 e. The van der Waals surface area contributed by atoms with Crippen LogP contribution in [0.4, 0.5) is 15.8 Å². The van der Waals surface area contributed by atoms with Crippen LogP contribution in [0.5, 0.6) is 5.75 Å². The highest BCUT2D eigenvalue weighted by Crippen LogP contribution is 2.23. The van der Waals surface area contributed by atoms with Crippen LogP contribution < -0.4 is 15.0 Å². The molecule has 0 spiro atoms. The predicted molar refractivity (Wildman–Crippen MR) is 95.5 cm³/mol. The Kier molecular flexibility index (Phi) is 5.79. The predicted octanol–water partition coefficient (Wildman–Crippen LogP) is 4.32. The summed E-state index contributed by atoms with van der Waals surface area (Å²) in [6.07, 6.45) is 0. The Balaban J connectivity index is 2.17. The summed E-state index contributed by atoms with van der Waals surface area (Å²) in [6.45, 7) is 7.28. The van der Waals surface area contributed by atoms with Gasteiger partial charge in [-0.3, -0.25) is 4.79 Å². The maximum absolute atomic E-state index is 13.4. The van der Waals surface area contributed by atoms with Crippen molar-refractivity contribution in [3.63, 3.8) is 0 Å². The van der Waals surface area contributed by atoms with Crippen molar-refractivity contribution in [2.24, 2.45) is 0 Å². The molecule has 0 aliphatic carbocycles. The third-order valence-corrected chi connectivity index (χ3v) is 3.83. The molecule has 0 fully saturated rings. The molecule has 0 aliphatic heterocycles. The van der Waals surface area contributed by atoms with Gasteiger partial charge in [0.1, 0.15) is 11.6 Å². The number of carbonyl (C=O) groups is 1. The summed E-state index contributed by atoms with van der Waals surface area (Å²) in [5.41, 5.74) is 1.91. The van der Waals surface area contributed by atoms with E-state index in [4.69, 9.17) is 4.74 Å². The van der Waals surface area contributed by atoms with Crippen LogP contribution in [0, 0.1) is 5.82 Å². The third kappa shape index (κ3) is 4.04. The summed E-state index contributed by atoms with van der Waals surface area (Å²) in [5.74, 6) is -0.551. The average Bonchev–Trinajstić information content (AvgIpc) is 2.56. The second-order valence-electron chi connectivity index (χ2n) is 5.73. The number of carbonyl (C=O) groups excluding carboxylic acids is 1. The maximum atomic E-state index is 13.4. The van der Waals surface area contributed by atoms with E-state index in [1.807, 2.05) is 24.3 Å². The molecular formula is C19H23FN2O2. The fourth-order valence-corrected chi connectivity index (χ4v) is 2.64. The summed E-state index contributed by atoms with van der Waals surface area (Å²) < 4.78 is 18.5. The maximum Gasteiger partial charge on any atom is 0.259 e. The molecular weight excluding hydrogens is 307 g/mol. The van der Waals surface area contributed by atoms with Crippen molar-refractivity contribution in [3.8, 4) is 5.75 Å². The van der Waals surface area contributed by atoms with Crippen molar-refractivity contribution in [3.05, 3.63) is 53.8 Å². The monoisotopic (exact) mass is 330 g/mol. The zero-order valence-corrected chi connectivity index (χ0v) is 14.5. The fourth-order valence-electron chi connectivity index (χ4n) is 2.64. The van der Waals surface area contributed by atoms with E-state index < -0.39 is 11.7 Å². The van der Waals surface area contributed by atoms with Crippen LogP contribution in [0.25, 0.3) is 0 Å². The number of halogens is 1. The first-order chi connectivity index (χ1) is 11.5. The van der Waals surface area contributed by atoms with Gasteiger partial charge in [-0.25, -0.2) is 4.39 Å². The molecule has 0 radical (unpaired) electrons. The molecule has 2 aromatic carbocycles. The first kappa shape index (κ1) is 17.8. The summed E-state index contributed by atoms with van der Waals surface area (Å²) in [4.78, 5) is 14.6. The molecule has 128 valence electrons. The highest BCUT2D eigenvalue weighted by Gasteiger charge is 2.14. The Hall–Kier alpha value is -2.56. The van der Waals surface area contributed by atoms with Gasteiger partial charge in [0.15, 0.2) is 0 Å². The molecule has 2 rings (SSSR count). The first-order valence-corrected chi connectivity index (χ1v) is 7.97. The molecule has 1 amide bonds. The van der Waals surface area contributed by atoms with Crippen LogP contribution in [0.1, 0.15) is 31.1 Å². The van der Waals surface area contributed by atoms with E-state index in [0.717, 1.165) is 12.2 Å². The minimum absolute atomic E-state index is 0.166. The van der Waals surface area contributed by atoms with E-state index in [-0.39, 0.29) is 5.56 Å². The van der Waals surface area contributed by atoms with Crippen LogP contribution in [0.3, 0.4) is 0 Å². The lowest BCUT2D eigenvalue weighted by Crippen LogP contribution is -2.30. The van der Waals surface area contributed by atoms with Gasteiger partial charge in [-0.15, -0.1) is 0 Å². The molecule has 0 atom stereocenters. The molecule has 0 heterocycles. The van der Waals surface area contributed by atoms with Crippen molar-refractivity contribution >= 4 is 17.3 Å². The van der Waals surface area contributed by atoms with Crippen LogP contribution >= 0.6 is 0 Å². The van der Waals surface area contributed by atoms with Crippen molar-refractivity contribution in [2.45, 2.75) is 26.8 Å². The van der Waals surface area contributed by atoms with E-state index in [1.54, 1.807) is 0 Å². The molecule has 0 aliphatic rings. The van der Waals surface area contributed by atoms with Gasteiger partial charge < -0.3 is 15.0 Å². The van der Waals surface area contributed by atoms with Gasteiger partial charge in [0.2, 0.25) is 0 Å². The molecule has 0 saturated heterocycles. The molecule has 2 aromatic rings. The van der Waals surface area contributed by atoms with Crippen LogP contribution in [0.2, 0.25) is 0 Å². The van der Waals surface area contributed by atoms with E-state index in [1.165, 1.54) is 25.3 Å². The Morgan fingerprint density at radius 3 is 2.42 bits per heavy atom. The number of amides is 1. The number of hydrogen-bond donors (Lipinski definition) is 1. The highest BCUT2D eigenvalue weighted by molar-refractivity contribution is 6.06. The molecule has 5 heteroatoms. The Bertz CT molecular complexity index is 699. The summed E-state index contributed by atoms with van der Waals surface area (Å²) in [7, 11) is 1.45. The summed E-state index contributed by atoms with van der Waals surface area (Å²) in [5, 5.41) is 2.77. The normalized spacial score (nSPS) is 10.6. The molecule has 4 nitrogen and oxygen atoms in total. The van der Waals surface area contributed by atoms with Crippen molar-refractivity contribution in [1.29, 1.82) is 0 Å². The van der Waals surface area contributed by atoms with Gasteiger partial charge >= 0.3 is 0 Å². The number of nitrogens with zero attached hydrogens (tertiary/aromatic N) is 1. The SMILES string of the molecule is CCN(c1ccc(NC(=O)c2cc(F)ccc2OC)cc1)C(C)C. The number of ether oxygens (including phenoxy) is 1. The first-order valence-electron chi connectivity index (χ1n) is 7.97. The highest BCUT2D eigenvalue weighted by atomic mass is 19.1. The lowest BCUT2D eigenvalue weighted by Gasteiger charge is -2.27. The summed E-state index contributed by atoms with van der Waals surface area (Å²) in [6, 6.07) is 11.9. The van der Waals surface area contributed by atoms with Crippen LogP contribution in [0.15, 0.2) is 42.5 Å². The molecule has 0 bridgehead atoms. The van der Waals surface area contributed by atoms with E-state index in [0.29, 0.717) is 17.5 Å². The average molecular weight is 330 g/mol. The number of hydrogen-bond acceptors (Lipinski definition) is 3. The van der Waals surface area contributed by atoms with Gasteiger partial charge in [-0.1, -0.05) is 0 Å². The summed E-state index contributed by atoms with van der Waals surface area (Å²) >= 11 is 0. The number of anilines is 2. The lowest BCUT2D eigenvalue weighted by atomic mass is 10.1. The quantitative estimate of drug-likeness (QED) is 0.857. The van der Waals surface area contributed by atoms with Crippen LogP contribution in [-0.2, 0) is 0 Å². The zero-order chi connectivity index (χ0) is 17.7. The number of rotatable bonds is 6. The standard InChI is InChI=1S/C19H23FN2O2/c1-5-22(13(2)3)16-9-7-15(8-10-16)21-19(23)17-12-14(20)6-11-18(17)24-4/h6-13H,5H2,1-4H3,(H,21,23). The lowest BCUT2D eigenvalue weighted by molar-refractivity contribution is 0.102.